The maximum Gasteiger partial charge on any atom is 0.0315 e. The Morgan fingerprint density at radius 2 is 2.21 bits per heavy atom. The van der Waals surface area contributed by atoms with Gasteiger partial charge in [-0.1, -0.05) is 32.3 Å². The lowest BCUT2D eigenvalue weighted by molar-refractivity contribution is 0.580. The largest absolute Gasteiger partial charge is 0.324 e. The second kappa shape index (κ2) is 7.77. The van der Waals surface area contributed by atoms with Crippen LogP contribution in [0.2, 0.25) is 0 Å². The number of nitrogens with zero attached hydrogens (tertiary/aromatic N) is 1. The molecule has 0 spiro atoms. The van der Waals surface area contributed by atoms with E-state index in [1.807, 2.05) is 18.3 Å². The lowest BCUT2D eigenvalue weighted by Gasteiger charge is -2.10. The van der Waals surface area contributed by atoms with Crippen LogP contribution in [-0.2, 0) is 0 Å². The molecule has 0 bridgehead atoms. The van der Waals surface area contributed by atoms with Crippen molar-refractivity contribution in [3.8, 4) is 0 Å². The van der Waals surface area contributed by atoms with E-state index in [1.165, 1.54) is 19.3 Å². The molecular weight excluding hydrogens is 196 g/mol. The van der Waals surface area contributed by atoms with Gasteiger partial charge in [-0.3, -0.25) is 4.98 Å². The van der Waals surface area contributed by atoms with Crippen LogP contribution in [0.3, 0.4) is 0 Å². The predicted octanol–water partition coefficient (Wildman–Crippen LogP) is 3.08. The van der Waals surface area contributed by atoms with Gasteiger partial charge in [-0.15, -0.1) is 12.4 Å². The van der Waals surface area contributed by atoms with Crippen molar-refractivity contribution in [1.82, 2.24) is 4.98 Å². The second-order valence-electron chi connectivity index (χ2n) is 3.39. The Balaban J connectivity index is 0.00000169. The molecule has 1 rings (SSSR count). The summed E-state index contributed by atoms with van der Waals surface area (Å²) < 4.78 is 0. The Hall–Kier alpha value is -0.600. The summed E-state index contributed by atoms with van der Waals surface area (Å²) in [7, 11) is 0. The number of aromatic nitrogens is 1. The van der Waals surface area contributed by atoms with Crippen molar-refractivity contribution >= 4 is 12.4 Å². The van der Waals surface area contributed by atoms with Crippen LogP contribution in [0, 0.1) is 0 Å². The fraction of sp³-hybridized carbons (Fsp3) is 0.545. The third-order valence-electron chi connectivity index (χ3n) is 2.23. The van der Waals surface area contributed by atoms with E-state index in [0.29, 0.717) is 0 Å². The van der Waals surface area contributed by atoms with E-state index in [1.54, 1.807) is 6.20 Å². The molecule has 2 N–H and O–H groups in total. The molecule has 0 amide bonds. The fourth-order valence-corrected chi connectivity index (χ4v) is 1.38. The summed E-state index contributed by atoms with van der Waals surface area (Å²) >= 11 is 0. The molecule has 1 aromatic rings. The van der Waals surface area contributed by atoms with Crippen LogP contribution in [0.15, 0.2) is 24.5 Å². The number of nitrogens with two attached hydrogens (primary N) is 1. The molecule has 0 saturated heterocycles. The normalized spacial score (nSPS) is 11.9. The quantitative estimate of drug-likeness (QED) is 0.766. The van der Waals surface area contributed by atoms with Crippen LogP contribution in [0.5, 0.6) is 0 Å². The first kappa shape index (κ1) is 13.4. The van der Waals surface area contributed by atoms with Crippen molar-refractivity contribution in [2.24, 2.45) is 5.73 Å². The molecular formula is C11H19ClN2. The third-order valence-corrected chi connectivity index (χ3v) is 2.23. The van der Waals surface area contributed by atoms with Crippen LogP contribution >= 0.6 is 12.4 Å². The number of pyridine rings is 1. The maximum atomic E-state index is 6.00. The molecule has 3 heteroatoms. The van der Waals surface area contributed by atoms with Gasteiger partial charge in [-0.2, -0.15) is 0 Å². The summed E-state index contributed by atoms with van der Waals surface area (Å²) in [6, 6.07) is 4.15. The molecule has 14 heavy (non-hydrogen) atoms. The molecule has 0 aliphatic carbocycles. The molecule has 2 nitrogen and oxygen atoms in total. The Morgan fingerprint density at radius 1 is 1.43 bits per heavy atom. The minimum absolute atomic E-state index is 0. The number of hydrogen-bond acceptors (Lipinski definition) is 2. The van der Waals surface area contributed by atoms with Gasteiger partial charge in [0.15, 0.2) is 0 Å². The van der Waals surface area contributed by atoms with Crippen molar-refractivity contribution in [2.45, 2.75) is 38.6 Å². The Kier molecular flexibility index (Phi) is 7.44. The van der Waals surface area contributed by atoms with Crippen LogP contribution in [0.4, 0.5) is 0 Å². The van der Waals surface area contributed by atoms with E-state index in [4.69, 9.17) is 5.73 Å². The predicted molar refractivity (Wildman–Crippen MR) is 62.6 cm³/mol. The number of hydrogen-bond donors (Lipinski definition) is 1. The Labute approximate surface area is 92.3 Å². The summed E-state index contributed by atoms with van der Waals surface area (Å²) in [6.07, 6.45) is 8.44. The Bertz CT molecular complexity index is 226. The minimum atomic E-state index is 0. The minimum Gasteiger partial charge on any atom is -0.324 e. The van der Waals surface area contributed by atoms with Gasteiger partial charge in [0, 0.05) is 18.4 Å². The molecule has 0 fully saturated rings. The van der Waals surface area contributed by atoms with Crippen molar-refractivity contribution < 1.29 is 0 Å². The lowest BCUT2D eigenvalue weighted by atomic mass is 10.0. The topological polar surface area (TPSA) is 38.9 Å². The van der Waals surface area contributed by atoms with Crippen LogP contribution in [0.1, 0.15) is 44.2 Å². The molecule has 0 aliphatic heterocycles. The van der Waals surface area contributed by atoms with Crippen molar-refractivity contribution in [3.05, 3.63) is 30.1 Å². The van der Waals surface area contributed by atoms with Gasteiger partial charge >= 0.3 is 0 Å². The van der Waals surface area contributed by atoms with Crippen molar-refractivity contribution in [3.63, 3.8) is 0 Å². The first-order valence-corrected chi connectivity index (χ1v) is 5.00. The number of unbranched alkanes of at least 4 members (excludes halogenated alkanes) is 2. The average molecular weight is 215 g/mol. The fourth-order valence-electron chi connectivity index (χ4n) is 1.38. The third kappa shape index (κ3) is 4.58. The monoisotopic (exact) mass is 214 g/mol. The van der Waals surface area contributed by atoms with E-state index in [0.717, 1.165) is 12.0 Å². The maximum absolute atomic E-state index is 6.00. The average Bonchev–Trinajstić information content (AvgIpc) is 2.19. The molecule has 0 aromatic carbocycles. The summed E-state index contributed by atoms with van der Waals surface area (Å²) in [4.78, 5) is 4.05. The molecule has 80 valence electrons. The number of rotatable bonds is 5. The van der Waals surface area contributed by atoms with E-state index >= 15 is 0 Å². The van der Waals surface area contributed by atoms with Crippen LogP contribution in [-0.4, -0.2) is 4.98 Å². The molecule has 1 aromatic heterocycles. The SMILES string of the molecule is CCCCCC(N)c1cccnc1.Cl. The molecule has 0 saturated carbocycles. The second-order valence-corrected chi connectivity index (χ2v) is 3.39. The van der Waals surface area contributed by atoms with Gasteiger partial charge in [0.25, 0.3) is 0 Å². The van der Waals surface area contributed by atoms with Gasteiger partial charge in [-0.05, 0) is 18.1 Å². The van der Waals surface area contributed by atoms with Crippen LogP contribution < -0.4 is 5.73 Å². The van der Waals surface area contributed by atoms with Gasteiger partial charge in [0.2, 0.25) is 0 Å². The molecule has 0 aliphatic rings. The summed E-state index contributed by atoms with van der Waals surface area (Å²) in [5.41, 5.74) is 7.15. The summed E-state index contributed by atoms with van der Waals surface area (Å²) in [6.45, 7) is 2.20. The van der Waals surface area contributed by atoms with Gasteiger partial charge in [0.05, 0.1) is 0 Å². The molecule has 1 unspecified atom stereocenters. The number of halogens is 1. The lowest BCUT2D eigenvalue weighted by Crippen LogP contribution is -2.10. The van der Waals surface area contributed by atoms with Gasteiger partial charge in [0.1, 0.15) is 0 Å². The summed E-state index contributed by atoms with van der Waals surface area (Å²) in [5.74, 6) is 0. The first-order chi connectivity index (χ1) is 6.34. The zero-order valence-electron chi connectivity index (χ0n) is 8.65. The summed E-state index contributed by atoms with van der Waals surface area (Å²) in [5, 5.41) is 0. The smallest absolute Gasteiger partial charge is 0.0315 e. The molecule has 1 atom stereocenters. The highest BCUT2D eigenvalue weighted by Gasteiger charge is 2.03. The van der Waals surface area contributed by atoms with E-state index in [2.05, 4.69) is 11.9 Å². The molecule has 1 heterocycles. The van der Waals surface area contributed by atoms with Crippen molar-refractivity contribution in [2.75, 3.05) is 0 Å². The Morgan fingerprint density at radius 3 is 2.79 bits per heavy atom. The first-order valence-electron chi connectivity index (χ1n) is 5.00. The molecule has 0 radical (unpaired) electrons. The van der Waals surface area contributed by atoms with E-state index in [9.17, 15) is 0 Å². The van der Waals surface area contributed by atoms with Crippen molar-refractivity contribution in [1.29, 1.82) is 0 Å². The van der Waals surface area contributed by atoms with E-state index in [-0.39, 0.29) is 18.4 Å². The van der Waals surface area contributed by atoms with E-state index < -0.39 is 0 Å². The zero-order chi connectivity index (χ0) is 9.52. The standard InChI is InChI=1S/C11H18N2.ClH/c1-2-3-4-7-11(12)10-6-5-8-13-9-10;/h5-6,8-9,11H,2-4,7,12H2,1H3;1H. The highest BCUT2D eigenvalue weighted by Crippen LogP contribution is 2.15. The highest BCUT2D eigenvalue weighted by molar-refractivity contribution is 5.85. The van der Waals surface area contributed by atoms with Gasteiger partial charge in [-0.25, -0.2) is 0 Å². The van der Waals surface area contributed by atoms with Gasteiger partial charge < -0.3 is 5.73 Å². The zero-order valence-corrected chi connectivity index (χ0v) is 9.46. The highest BCUT2D eigenvalue weighted by atomic mass is 35.5. The van der Waals surface area contributed by atoms with Crippen LogP contribution in [0.25, 0.3) is 0 Å².